The summed E-state index contributed by atoms with van der Waals surface area (Å²) in [4.78, 5) is 21.0. The molecule has 144 valence electrons. The number of anilines is 3. The second kappa shape index (κ2) is 8.52. The SMILES string of the molecule is Cc1c(N)cccc1-c1ccnc(Nc2ccc(C(=O)NCC(C)C)cc2)n1. The Morgan fingerprint density at radius 1 is 1.11 bits per heavy atom. The Bertz CT molecular complexity index is 967. The van der Waals surface area contributed by atoms with Gasteiger partial charge in [0.25, 0.3) is 5.91 Å². The molecule has 1 amide bonds. The van der Waals surface area contributed by atoms with Crippen molar-refractivity contribution in [2.75, 3.05) is 17.6 Å². The first-order chi connectivity index (χ1) is 13.4. The first kappa shape index (κ1) is 19.4. The van der Waals surface area contributed by atoms with Gasteiger partial charge in [0.1, 0.15) is 0 Å². The number of rotatable bonds is 6. The summed E-state index contributed by atoms with van der Waals surface area (Å²) in [7, 11) is 0. The number of nitrogens with two attached hydrogens (primary N) is 1. The third-order valence-electron chi connectivity index (χ3n) is 4.38. The van der Waals surface area contributed by atoms with Crippen LogP contribution in [0.2, 0.25) is 0 Å². The predicted octanol–water partition coefficient (Wildman–Crippen LogP) is 4.16. The lowest BCUT2D eigenvalue weighted by Crippen LogP contribution is -2.27. The van der Waals surface area contributed by atoms with Gasteiger partial charge in [-0.1, -0.05) is 26.0 Å². The van der Waals surface area contributed by atoms with Crippen LogP contribution in [0.25, 0.3) is 11.3 Å². The summed E-state index contributed by atoms with van der Waals surface area (Å²) in [6, 6.07) is 14.9. The molecule has 0 aliphatic rings. The van der Waals surface area contributed by atoms with E-state index in [9.17, 15) is 4.79 Å². The minimum Gasteiger partial charge on any atom is -0.398 e. The molecule has 6 heteroatoms. The smallest absolute Gasteiger partial charge is 0.251 e. The van der Waals surface area contributed by atoms with E-state index in [1.165, 1.54) is 0 Å². The van der Waals surface area contributed by atoms with E-state index in [0.717, 1.165) is 28.2 Å². The van der Waals surface area contributed by atoms with Crippen molar-refractivity contribution < 1.29 is 4.79 Å². The van der Waals surface area contributed by atoms with E-state index in [2.05, 4.69) is 34.4 Å². The Hall–Kier alpha value is -3.41. The Labute approximate surface area is 165 Å². The lowest BCUT2D eigenvalue weighted by molar-refractivity contribution is 0.0949. The first-order valence-corrected chi connectivity index (χ1v) is 9.28. The summed E-state index contributed by atoms with van der Waals surface area (Å²) in [6.45, 7) is 6.76. The molecule has 6 nitrogen and oxygen atoms in total. The Morgan fingerprint density at radius 2 is 1.86 bits per heavy atom. The number of nitrogens with zero attached hydrogens (tertiary/aromatic N) is 2. The molecule has 1 heterocycles. The zero-order valence-electron chi connectivity index (χ0n) is 16.4. The third-order valence-corrected chi connectivity index (χ3v) is 4.38. The van der Waals surface area contributed by atoms with Crippen LogP contribution in [-0.4, -0.2) is 22.4 Å². The predicted molar refractivity (Wildman–Crippen MR) is 114 cm³/mol. The number of hydrogen-bond acceptors (Lipinski definition) is 5. The van der Waals surface area contributed by atoms with Gasteiger partial charge in [0.15, 0.2) is 0 Å². The van der Waals surface area contributed by atoms with Crippen LogP contribution in [0.15, 0.2) is 54.7 Å². The molecule has 0 unspecified atom stereocenters. The summed E-state index contributed by atoms with van der Waals surface area (Å²) in [6.07, 6.45) is 1.71. The number of aromatic nitrogens is 2. The van der Waals surface area contributed by atoms with Gasteiger partial charge in [-0.3, -0.25) is 4.79 Å². The van der Waals surface area contributed by atoms with Crippen LogP contribution >= 0.6 is 0 Å². The number of nitrogens with one attached hydrogen (secondary N) is 2. The molecule has 0 spiro atoms. The van der Waals surface area contributed by atoms with Crippen LogP contribution in [0.5, 0.6) is 0 Å². The second-order valence-corrected chi connectivity index (χ2v) is 7.09. The maximum atomic E-state index is 12.1. The van der Waals surface area contributed by atoms with Crippen molar-refractivity contribution >= 4 is 23.2 Å². The van der Waals surface area contributed by atoms with Gasteiger partial charge in [-0.25, -0.2) is 9.97 Å². The van der Waals surface area contributed by atoms with Crippen LogP contribution < -0.4 is 16.4 Å². The van der Waals surface area contributed by atoms with Gasteiger partial charge in [-0.2, -0.15) is 0 Å². The van der Waals surface area contributed by atoms with E-state index in [1.54, 1.807) is 18.3 Å². The molecule has 2 aromatic carbocycles. The number of nitrogen functional groups attached to an aromatic ring is 1. The molecule has 0 radical (unpaired) electrons. The van der Waals surface area contributed by atoms with Gasteiger partial charge in [-0.05, 0) is 54.8 Å². The average molecular weight is 375 g/mol. The molecule has 0 fully saturated rings. The van der Waals surface area contributed by atoms with Crippen LogP contribution in [0.4, 0.5) is 17.3 Å². The molecule has 0 aliphatic carbocycles. The van der Waals surface area contributed by atoms with E-state index in [-0.39, 0.29) is 5.91 Å². The third kappa shape index (κ3) is 4.65. The van der Waals surface area contributed by atoms with E-state index in [1.807, 2.05) is 43.3 Å². The van der Waals surface area contributed by atoms with E-state index in [4.69, 9.17) is 5.73 Å². The summed E-state index contributed by atoms with van der Waals surface area (Å²) in [5, 5.41) is 6.09. The highest BCUT2D eigenvalue weighted by molar-refractivity contribution is 5.94. The standard InChI is InChI=1S/C22H25N5O/c1-14(2)13-25-21(28)16-7-9-17(10-8-16)26-22-24-12-11-20(27-22)18-5-4-6-19(23)15(18)3/h4-12,14H,13,23H2,1-3H3,(H,25,28)(H,24,26,27). The number of carbonyl (C=O) groups is 1. The highest BCUT2D eigenvalue weighted by Gasteiger charge is 2.09. The highest BCUT2D eigenvalue weighted by Crippen LogP contribution is 2.26. The monoisotopic (exact) mass is 375 g/mol. The van der Waals surface area contributed by atoms with Gasteiger partial charge < -0.3 is 16.4 Å². The van der Waals surface area contributed by atoms with Crippen molar-refractivity contribution in [2.45, 2.75) is 20.8 Å². The van der Waals surface area contributed by atoms with Gasteiger partial charge in [-0.15, -0.1) is 0 Å². The van der Waals surface area contributed by atoms with Crippen LogP contribution in [0.1, 0.15) is 29.8 Å². The number of benzene rings is 2. The van der Waals surface area contributed by atoms with Crippen molar-refractivity contribution in [3.8, 4) is 11.3 Å². The fourth-order valence-electron chi connectivity index (χ4n) is 2.73. The van der Waals surface area contributed by atoms with Crippen molar-refractivity contribution in [3.05, 3.63) is 65.9 Å². The maximum absolute atomic E-state index is 12.1. The second-order valence-electron chi connectivity index (χ2n) is 7.09. The molecular weight excluding hydrogens is 350 g/mol. The van der Waals surface area contributed by atoms with Crippen molar-refractivity contribution in [3.63, 3.8) is 0 Å². The molecule has 0 bridgehead atoms. The minimum atomic E-state index is -0.0735. The van der Waals surface area contributed by atoms with E-state index < -0.39 is 0 Å². The molecule has 0 saturated carbocycles. The molecule has 4 N–H and O–H groups in total. The largest absolute Gasteiger partial charge is 0.398 e. The Morgan fingerprint density at radius 3 is 2.57 bits per heavy atom. The fraction of sp³-hybridized carbons (Fsp3) is 0.227. The lowest BCUT2D eigenvalue weighted by Gasteiger charge is -2.10. The summed E-state index contributed by atoms with van der Waals surface area (Å²) < 4.78 is 0. The van der Waals surface area contributed by atoms with E-state index in [0.29, 0.717) is 24.0 Å². The van der Waals surface area contributed by atoms with Gasteiger partial charge in [0.2, 0.25) is 5.95 Å². The fourth-order valence-corrected chi connectivity index (χ4v) is 2.73. The topological polar surface area (TPSA) is 92.9 Å². The summed E-state index contributed by atoms with van der Waals surface area (Å²) in [5.41, 5.74) is 10.9. The number of hydrogen-bond donors (Lipinski definition) is 3. The van der Waals surface area contributed by atoms with Crippen LogP contribution in [0.3, 0.4) is 0 Å². The first-order valence-electron chi connectivity index (χ1n) is 9.28. The number of carbonyl (C=O) groups excluding carboxylic acids is 1. The van der Waals surface area contributed by atoms with Crippen LogP contribution in [0, 0.1) is 12.8 Å². The average Bonchev–Trinajstić information content (AvgIpc) is 2.69. The molecule has 0 saturated heterocycles. The van der Waals surface area contributed by atoms with Gasteiger partial charge >= 0.3 is 0 Å². The zero-order chi connectivity index (χ0) is 20.1. The molecule has 0 aliphatic heterocycles. The quantitative estimate of drug-likeness (QED) is 0.563. The number of amides is 1. The van der Waals surface area contributed by atoms with Gasteiger partial charge in [0.05, 0.1) is 5.69 Å². The zero-order valence-corrected chi connectivity index (χ0v) is 16.4. The van der Waals surface area contributed by atoms with Crippen molar-refractivity contribution in [2.24, 2.45) is 5.92 Å². The molecule has 3 aromatic rings. The maximum Gasteiger partial charge on any atom is 0.251 e. The summed E-state index contributed by atoms with van der Waals surface area (Å²) >= 11 is 0. The van der Waals surface area contributed by atoms with Gasteiger partial charge in [0, 0.05) is 35.2 Å². The Balaban J connectivity index is 1.74. The minimum absolute atomic E-state index is 0.0735. The van der Waals surface area contributed by atoms with Crippen molar-refractivity contribution in [1.29, 1.82) is 0 Å². The normalized spacial score (nSPS) is 10.7. The highest BCUT2D eigenvalue weighted by atomic mass is 16.1. The molecule has 1 aromatic heterocycles. The lowest BCUT2D eigenvalue weighted by atomic mass is 10.0. The molecule has 0 atom stereocenters. The van der Waals surface area contributed by atoms with E-state index >= 15 is 0 Å². The molecule has 3 rings (SSSR count). The molecular formula is C22H25N5O. The van der Waals surface area contributed by atoms with Crippen LogP contribution in [-0.2, 0) is 0 Å². The molecule has 28 heavy (non-hydrogen) atoms. The summed E-state index contributed by atoms with van der Waals surface area (Å²) in [5.74, 6) is 0.824. The Kier molecular flexibility index (Phi) is 5.89. The van der Waals surface area contributed by atoms with Crippen molar-refractivity contribution in [1.82, 2.24) is 15.3 Å².